The highest BCUT2D eigenvalue weighted by Crippen LogP contribution is 2.39. The summed E-state index contributed by atoms with van der Waals surface area (Å²) < 4.78 is 10.2. The van der Waals surface area contributed by atoms with E-state index >= 15 is 0 Å². The van der Waals surface area contributed by atoms with Gasteiger partial charge in [0.25, 0.3) is 0 Å². The van der Waals surface area contributed by atoms with Crippen LogP contribution in [0.4, 0.5) is 0 Å². The minimum absolute atomic E-state index is 0.104. The fraction of sp³-hybridized carbons (Fsp3) is 0.459. The molecule has 49 heavy (non-hydrogen) atoms. The molecule has 10 nitrogen and oxygen atoms in total. The minimum atomic E-state index is -0.126. The molecule has 0 saturated carbocycles. The van der Waals surface area contributed by atoms with Crippen LogP contribution in [0.1, 0.15) is 82.0 Å². The van der Waals surface area contributed by atoms with Crippen LogP contribution >= 0.6 is 23.2 Å². The van der Waals surface area contributed by atoms with Crippen molar-refractivity contribution in [2.45, 2.75) is 76.4 Å². The lowest BCUT2D eigenvalue weighted by Crippen LogP contribution is -2.36. The van der Waals surface area contributed by atoms with E-state index in [1.807, 2.05) is 34.1 Å². The van der Waals surface area contributed by atoms with Gasteiger partial charge in [-0.15, -0.1) is 0 Å². The molecule has 2 unspecified atom stereocenters. The van der Waals surface area contributed by atoms with Crippen molar-refractivity contribution in [2.24, 2.45) is 0 Å². The zero-order valence-corrected chi connectivity index (χ0v) is 29.8. The zero-order chi connectivity index (χ0) is 34.5. The summed E-state index contributed by atoms with van der Waals surface area (Å²) in [6.07, 6.45) is 5.86. The average Bonchev–Trinajstić information content (AvgIpc) is 3.91. The number of halogens is 2. The van der Waals surface area contributed by atoms with Crippen LogP contribution in [0.15, 0.2) is 48.5 Å². The first kappa shape index (κ1) is 35.1. The van der Waals surface area contributed by atoms with Crippen molar-refractivity contribution in [3.8, 4) is 33.6 Å². The Kier molecular flexibility index (Phi) is 11.4. The van der Waals surface area contributed by atoms with Crippen molar-refractivity contribution < 1.29 is 19.1 Å². The molecule has 2 aliphatic rings. The molecule has 260 valence electrons. The van der Waals surface area contributed by atoms with E-state index in [0.29, 0.717) is 60.6 Å². The molecular formula is C37H44Cl2N6O4. The van der Waals surface area contributed by atoms with Crippen LogP contribution in [-0.4, -0.2) is 81.6 Å². The second-order valence-electron chi connectivity index (χ2n) is 12.9. The maximum atomic E-state index is 13.1. The monoisotopic (exact) mass is 706 g/mol. The number of carbonyl (C=O) groups excluding carboxylic acids is 2. The summed E-state index contributed by atoms with van der Waals surface area (Å²) in [6.45, 7) is 3.94. The molecule has 6 rings (SSSR count). The van der Waals surface area contributed by atoms with Crippen molar-refractivity contribution in [3.63, 3.8) is 0 Å². The number of imidazole rings is 2. The van der Waals surface area contributed by atoms with Gasteiger partial charge in [0.1, 0.15) is 33.3 Å². The van der Waals surface area contributed by atoms with E-state index < -0.39 is 0 Å². The first-order valence-electron chi connectivity index (χ1n) is 17.1. The molecule has 2 aromatic heterocycles. The number of amides is 2. The Morgan fingerprint density at radius 1 is 0.735 bits per heavy atom. The third kappa shape index (κ3) is 7.72. The van der Waals surface area contributed by atoms with Crippen molar-refractivity contribution in [2.75, 3.05) is 34.0 Å². The van der Waals surface area contributed by atoms with Crippen molar-refractivity contribution in [1.29, 1.82) is 0 Å². The number of ether oxygens (including phenoxy) is 2. The minimum Gasteiger partial charge on any atom is -0.385 e. The van der Waals surface area contributed by atoms with Gasteiger partial charge in [-0.3, -0.25) is 9.59 Å². The lowest BCUT2D eigenvalue weighted by molar-refractivity contribution is -0.134. The molecular weight excluding hydrogens is 663 g/mol. The predicted molar refractivity (Wildman–Crippen MR) is 191 cm³/mol. The van der Waals surface area contributed by atoms with Crippen molar-refractivity contribution in [1.82, 2.24) is 29.7 Å². The standard InChI is InChI=1S/C37H44Cl2N6O4/c1-23-10-19-29(45(23)31(47)9-6-22-49-3)37-41-33(35(39)43-37)27-17-13-25(14-18-27)24-11-15-26(16-12-24)32-34(38)42-36(40-32)28-7-4-20-44(28)30(46)8-5-21-48-2/h11-18,23,28-29H,4-10,19-22H2,1-3H3,(H,40,42)(H,41,43)/t23-,28?,29?/m1/s1. The van der Waals surface area contributed by atoms with Crippen LogP contribution in [0.5, 0.6) is 0 Å². The second-order valence-corrected chi connectivity index (χ2v) is 13.7. The van der Waals surface area contributed by atoms with Gasteiger partial charge in [0.2, 0.25) is 11.8 Å². The number of aromatic nitrogens is 4. The smallest absolute Gasteiger partial charge is 0.223 e. The number of nitrogens with zero attached hydrogens (tertiary/aromatic N) is 4. The molecule has 4 aromatic rings. The summed E-state index contributed by atoms with van der Waals surface area (Å²) in [4.78, 5) is 46.0. The average molecular weight is 708 g/mol. The number of hydrogen-bond acceptors (Lipinski definition) is 6. The van der Waals surface area contributed by atoms with Gasteiger partial charge in [0, 0.05) is 64.0 Å². The Balaban J connectivity index is 1.13. The predicted octanol–water partition coefficient (Wildman–Crippen LogP) is 8.01. The van der Waals surface area contributed by atoms with E-state index in [9.17, 15) is 9.59 Å². The highest BCUT2D eigenvalue weighted by Gasteiger charge is 2.37. The summed E-state index contributed by atoms with van der Waals surface area (Å²) in [5.74, 6) is 1.68. The molecule has 2 aromatic carbocycles. The molecule has 2 N–H and O–H groups in total. The van der Waals surface area contributed by atoms with E-state index in [-0.39, 0.29) is 29.9 Å². The number of methoxy groups -OCH3 is 2. The maximum Gasteiger partial charge on any atom is 0.223 e. The highest BCUT2D eigenvalue weighted by atomic mass is 35.5. The van der Waals surface area contributed by atoms with Gasteiger partial charge in [-0.2, -0.15) is 0 Å². The fourth-order valence-corrected chi connectivity index (χ4v) is 7.60. The van der Waals surface area contributed by atoms with Gasteiger partial charge in [0.05, 0.1) is 12.1 Å². The molecule has 2 amide bonds. The van der Waals surface area contributed by atoms with E-state index in [0.717, 1.165) is 66.1 Å². The summed E-state index contributed by atoms with van der Waals surface area (Å²) in [5.41, 5.74) is 5.22. The molecule has 2 aliphatic heterocycles. The van der Waals surface area contributed by atoms with Crippen molar-refractivity contribution in [3.05, 3.63) is 70.5 Å². The molecule has 4 heterocycles. The number of benzene rings is 2. The van der Waals surface area contributed by atoms with Gasteiger partial charge < -0.3 is 29.2 Å². The van der Waals surface area contributed by atoms with E-state index in [2.05, 4.69) is 41.2 Å². The second kappa shape index (κ2) is 15.9. The van der Waals surface area contributed by atoms with Crippen LogP contribution < -0.4 is 0 Å². The largest absolute Gasteiger partial charge is 0.385 e. The number of nitrogens with one attached hydrogen (secondary N) is 2. The molecule has 0 bridgehead atoms. The van der Waals surface area contributed by atoms with Crippen LogP contribution in [-0.2, 0) is 19.1 Å². The zero-order valence-electron chi connectivity index (χ0n) is 28.3. The summed E-state index contributed by atoms with van der Waals surface area (Å²) in [6, 6.07) is 16.2. The number of rotatable bonds is 13. The first-order valence-corrected chi connectivity index (χ1v) is 17.8. The Morgan fingerprint density at radius 2 is 1.22 bits per heavy atom. The topological polar surface area (TPSA) is 116 Å². The Morgan fingerprint density at radius 3 is 1.76 bits per heavy atom. The number of hydrogen-bond donors (Lipinski definition) is 2. The lowest BCUT2D eigenvalue weighted by Gasteiger charge is -2.27. The van der Waals surface area contributed by atoms with Crippen LogP contribution in [0.3, 0.4) is 0 Å². The fourth-order valence-electron chi connectivity index (χ4n) is 7.11. The van der Waals surface area contributed by atoms with Gasteiger partial charge in [-0.1, -0.05) is 71.7 Å². The third-order valence-electron chi connectivity index (χ3n) is 9.65. The lowest BCUT2D eigenvalue weighted by atomic mass is 10.0. The van der Waals surface area contributed by atoms with Gasteiger partial charge >= 0.3 is 0 Å². The molecule has 0 spiro atoms. The normalized spacial score (nSPS) is 19.2. The Hall–Kier alpha value is -3.70. The van der Waals surface area contributed by atoms with E-state index in [1.165, 1.54) is 0 Å². The van der Waals surface area contributed by atoms with Crippen molar-refractivity contribution >= 4 is 35.0 Å². The van der Waals surface area contributed by atoms with Crippen LogP contribution in [0.25, 0.3) is 33.6 Å². The maximum absolute atomic E-state index is 13.1. The highest BCUT2D eigenvalue weighted by molar-refractivity contribution is 6.32. The SMILES string of the molecule is COCCCC(=O)N1CCCC1c1nc(-c2ccc(-c3ccc(-c4nc(C5CC[C@@H](C)N5C(=O)CCCOC)[nH]c4Cl)cc3)cc2)c(Cl)[nH]1. The number of carbonyl (C=O) groups is 2. The van der Waals surface area contributed by atoms with Crippen LogP contribution in [0.2, 0.25) is 10.3 Å². The summed E-state index contributed by atoms with van der Waals surface area (Å²) in [5, 5.41) is 0.927. The summed E-state index contributed by atoms with van der Waals surface area (Å²) >= 11 is 13.3. The van der Waals surface area contributed by atoms with E-state index in [1.54, 1.807) is 14.2 Å². The molecule has 0 radical (unpaired) electrons. The molecule has 12 heteroatoms. The van der Waals surface area contributed by atoms with Gasteiger partial charge in [0.15, 0.2) is 0 Å². The Labute approximate surface area is 297 Å². The van der Waals surface area contributed by atoms with Crippen LogP contribution in [0, 0.1) is 0 Å². The Bertz CT molecular complexity index is 1740. The molecule has 0 aliphatic carbocycles. The van der Waals surface area contributed by atoms with Gasteiger partial charge in [-0.25, -0.2) is 9.97 Å². The molecule has 2 fully saturated rings. The number of H-pyrrole nitrogens is 2. The summed E-state index contributed by atoms with van der Waals surface area (Å²) in [7, 11) is 3.30. The van der Waals surface area contributed by atoms with E-state index in [4.69, 9.17) is 42.6 Å². The number of likely N-dealkylation sites (tertiary alicyclic amines) is 2. The quantitative estimate of drug-likeness (QED) is 0.136. The van der Waals surface area contributed by atoms with Gasteiger partial charge in [-0.05, 0) is 56.6 Å². The first-order chi connectivity index (χ1) is 23.8. The third-order valence-corrected chi connectivity index (χ3v) is 10.2. The molecule has 3 atom stereocenters. The number of aromatic amines is 2. The molecule has 2 saturated heterocycles.